The summed E-state index contributed by atoms with van der Waals surface area (Å²) >= 11 is 0. The fourth-order valence-electron chi connectivity index (χ4n) is 11.2. The van der Waals surface area contributed by atoms with E-state index in [0.717, 1.165) is 175 Å². The highest BCUT2D eigenvalue weighted by Gasteiger charge is 2.21. The molecule has 68 heavy (non-hydrogen) atoms. The number of para-hydroxylation sites is 4. The first-order valence-corrected chi connectivity index (χ1v) is 22.7. The van der Waals surface area contributed by atoms with Gasteiger partial charge in [0.1, 0.15) is 0 Å². The van der Waals surface area contributed by atoms with E-state index in [1.807, 2.05) is 0 Å². The number of hydrogen-bond donors (Lipinski definition) is 2. The summed E-state index contributed by atoms with van der Waals surface area (Å²) in [5, 5.41) is 11.6. The number of H-pyrrole nitrogens is 2. The Hall–Kier alpha value is -9.54. The maximum Gasteiger partial charge on any atom is 0.0996 e. The van der Waals surface area contributed by atoms with Crippen LogP contribution in [0.2, 0.25) is 0 Å². The van der Waals surface area contributed by atoms with Crippen LogP contribution in [0.3, 0.4) is 0 Å². The molecule has 0 saturated heterocycles. The summed E-state index contributed by atoms with van der Waals surface area (Å²) in [6.45, 7) is 0. The average Bonchev–Trinajstić information content (AvgIpc) is 4.19. The molecule has 0 unspecified atom stereocenters. The normalized spacial score (nSPS) is 12.7. The smallest absolute Gasteiger partial charge is 0.0996 e. The molecule has 0 amide bonds. The van der Waals surface area contributed by atoms with E-state index in [-0.39, 0.29) is 0 Å². The minimum atomic E-state index is 0.738. The number of benzene rings is 6. The molecule has 6 aromatic carbocycles. The van der Waals surface area contributed by atoms with Gasteiger partial charge in [0.15, 0.2) is 0 Å². The first kappa shape index (κ1) is 34.8. The molecule has 17 aromatic rings. The number of nitrogens with one attached hydrogen (secondary N) is 2. The van der Waals surface area contributed by atoms with E-state index >= 15 is 0 Å². The summed E-state index contributed by atoms with van der Waals surface area (Å²) in [4.78, 5) is 51.0. The number of fused-ring (bicyclic) bond motifs is 18. The summed E-state index contributed by atoms with van der Waals surface area (Å²) in [5.41, 5.74) is 16.7. The largest absolute Gasteiger partial charge is 0.354 e. The third kappa shape index (κ3) is 4.59. The van der Waals surface area contributed by atoms with Gasteiger partial charge in [-0.25, -0.2) is 39.9 Å². The van der Waals surface area contributed by atoms with E-state index in [4.69, 9.17) is 39.9 Å². The van der Waals surface area contributed by atoms with Crippen LogP contribution in [0, 0.1) is 0 Å². The Balaban J connectivity index is 1.07. The summed E-state index contributed by atoms with van der Waals surface area (Å²) in [7, 11) is 0. The van der Waals surface area contributed by atoms with Gasteiger partial charge in [0, 0.05) is 75.7 Å². The topological polar surface area (TPSA) is 135 Å². The van der Waals surface area contributed by atoms with Gasteiger partial charge >= 0.3 is 0 Å². The molecule has 17 rings (SSSR count). The zero-order valence-corrected chi connectivity index (χ0v) is 35.6. The number of aromatic amines is 2. The zero-order chi connectivity index (χ0) is 43.9. The third-order valence-corrected chi connectivity index (χ3v) is 14.2. The van der Waals surface area contributed by atoms with Crippen LogP contribution in [0.4, 0.5) is 0 Å². The van der Waals surface area contributed by atoms with Crippen molar-refractivity contribution in [1.29, 1.82) is 0 Å². The van der Waals surface area contributed by atoms with Crippen molar-refractivity contribution in [2.24, 2.45) is 0 Å². The van der Waals surface area contributed by atoms with Crippen LogP contribution in [-0.4, -0.2) is 49.8 Å². The monoisotopic (exact) mass is 864 g/mol. The Morgan fingerprint density at radius 2 is 0.574 bits per heavy atom. The van der Waals surface area contributed by atoms with Crippen molar-refractivity contribution in [3.05, 3.63) is 158 Å². The van der Waals surface area contributed by atoms with Gasteiger partial charge in [-0.1, -0.05) is 72.8 Å². The van der Waals surface area contributed by atoms with Gasteiger partial charge < -0.3 is 9.97 Å². The van der Waals surface area contributed by atoms with Gasteiger partial charge in [-0.3, -0.25) is 0 Å². The van der Waals surface area contributed by atoms with Crippen molar-refractivity contribution < 1.29 is 0 Å². The molecule has 0 aliphatic rings. The Morgan fingerprint density at radius 3 is 0.971 bits per heavy atom. The minimum absolute atomic E-state index is 0.738. The van der Waals surface area contributed by atoms with E-state index in [9.17, 15) is 0 Å². The molecule has 0 saturated carbocycles. The fourth-order valence-corrected chi connectivity index (χ4v) is 11.2. The molecule has 0 spiro atoms. The Morgan fingerprint density at radius 1 is 0.235 bits per heavy atom. The second kappa shape index (κ2) is 12.2. The molecule has 0 aliphatic heterocycles. The van der Waals surface area contributed by atoms with Crippen molar-refractivity contribution in [2.75, 3.05) is 0 Å². The van der Waals surface area contributed by atoms with Crippen LogP contribution >= 0.6 is 0 Å². The van der Waals surface area contributed by atoms with E-state index in [1.54, 1.807) is 0 Å². The number of hydrogen-bond acceptors (Lipinski definition) is 8. The van der Waals surface area contributed by atoms with Crippen LogP contribution < -0.4 is 0 Å². The zero-order valence-electron chi connectivity index (χ0n) is 35.6. The molecular weight excluding hydrogens is 837 g/mol. The lowest BCUT2D eigenvalue weighted by atomic mass is 10.0. The Kier molecular flexibility index (Phi) is 6.25. The van der Waals surface area contributed by atoms with Gasteiger partial charge in [0.25, 0.3) is 0 Å². The molecule has 11 heterocycles. The molecule has 0 fully saturated rings. The second-order valence-corrected chi connectivity index (χ2v) is 18.1. The third-order valence-electron chi connectivity index (χ3n) is 14.2. The molecule has 10 nitrogen and oxygen atoms in total. The van der Waals surface area contributed by atoms with E-state index in [2.05, 4.69) is 168 Å². The number of nitrogens with zero attached hydrogens (tertiary/aromatic N) is 8. The van der Waals surface area contributed by atoms with Crippen LogP contribution in [-0.2, 0) is 0 Å². The Labute approximate surface area is 381 Å². The lowest BCUT2D eigenvalue weighted by Gasteiger charge is -2.13. The SMILES string of the molecule is c1cc2cc3cc4cc5cccc(c6ccc7c(n6)c6nc(ccc6c6nc8c9ccc%10nc9c9nc(ccc9c8nc76)c6cccc7cc(cc8cc9cccc%10c9[nH]8)nc76)c(c1)c2n3)c5[nH]4. The first-order chi connectivity index (χ1) is 33.6. The number of rotatable bonds is 0. The molecule has 0 atom stereocenters. The van der Waals surface area contributed by atoms with Crippen LogP contribution in [0.25, 0.3) is 175 Å². The predicted molar refractivity (Wildman–Crippen MR) is 278 cm³/mol. The maximum atomic E-state index is 5.65. The lowest BCUT2D eigenvalue weighted by Crippen LogP contribution is -1.97. The first-order valence-electron chi connectivity index (χ1n) is 22.7. The summed E-state index contributed by atoms with van der Waals surface area (Å²) < 4.78 is 0. The van der Waals surface area contributed by atoms with Gasteiger partial charge in [-0.15, -0.1) is 0 Å². The standard InChI is InChI=1S/C58H28N10/c1-5-27-21-31-25-32-22-28-6-2-10-36(48(28)60-32)44-18-14-40-52(64-44)51-39(13-17-43(63-51)35(9-1)47(27)59-31)55-56(40)68-58-42-16-20-46-38-12-4-8-30-24-34(62-50(30)38)26-33-23-29-7-3-11-37(49(29)61-33)45-19-15-41(57(58)67-55)53(65-45)54(42)66-46/h1-26,59,62H. The highest BCUT2D eigenvalue weighted by molar-refractivity contribution is 6.28. The average molecular weight is 865 g/mol. The lowest BCUT2D eigenvalue weighted by molar-refractivity contribution is 1.40. The van der Waals surface area contributed by atoms with E-state index in [0.29, 0.717) is 0 Å². The van der Waals surface area contributed by atoms with Crippen molar-refractivity contribution >= 4 is 175 Å². The molecule has 2 N–H and O–H groups in total. The summed E-state index contributed by atoms with van der Waals surface area (Å²) in [6.07, 6.45) is 0. The maximum absolute atomic E-state index is 5.65. The van der Waals surface area contributed by atoms with Crippen molar-refractivity contribution in [2.45, 2.75) is 0 Å². The molecule has 310 valence electrons. The van der Waals surface area contributed by atoms with E-state index < -0.39 is 0 Å². The van der Waals surface area contributed by atoms with Gasteiger partial charge in [0.2, 0.25) is 0 Å². The van der Waals surface area contributed by atoms with Crippen LogP contribution in [0.15, 0.2) is 158 Å². The highest BCUT2D eigenvalue weighted by Crippen LogP contribution is 2.40. The van der Waals surface area contributed by atoms with Crippen molar-refractivity contribution in [1.82, 2.24) is 49.8 Å². The van der Waals surface area contributed by atoms with Gasteiger partial charge in [0.05, 0.1) is 99.3 Å². The molecule has 16 bridgehead atoms. The summed E-state index contributed by atoms with van der Waals surface area (Å²) in [6, 6.07) is 55.0. The summed E-state index contributed by atoms with van der Waals surface area (Å²) in [5.74, 6) is 0. The van der Waals surface area contributed by atoms with Crippen molar-refractivity contribution in [3.8, 4) is 0 Å². The highest BCUT2D eigenvalue weighted by atomic mass is 14.9. The van der Waals surface area contributed by atoms with Gasteiger partial charge in [-0.2, -0.15) is 0 Å². The molecule has 10 heteroatoms. The predicted octanol–water partition coefficient (Wildman–Crippen LogP) is 14.0. The Bertz CT molecular complexity index is 4580. The number of aromatic nitrogens is 10. The molecule has 11 aromatic heterocycles. The molecule has 0 aliphatic carbocycles. The fraction of sp³-hybridized carbons (Fsp3) is 0. The van der Waals surface area contributed by atoms with Crippen LogP contribution in [0.5, 0.6) is 0 Å². The van der Waals surface area contributed by atoms with Gasteiger partial charge in [-0.05, 0) is 84.9 Å². The van der Waals surface area contributed by atoms with Crippen molar-refractivity contribution in [3.63, 3.8) is 0 Å². The number of pyridine rings is 4. The quantitative estimate of drug-likeness (QED) is 0.114. The minimum Gasteiger partial charge on any atom is -0.354 e. The van der Waals surface area contributed by atoms with E-state index in [1.165, 1.54) is 0 Å². The molecular formula is C58H28N10. The second-order valence-electron chi connectivity index (χ2n) is 18.1. The molecule has 0 radical (unpaired) electrons. The van der Waals surface area contributed by atoms with Crippen LogP contribution in [0.1, 0.15) is 0 Å².